The molecule has 1 amide bonds. The zero-order valence-electron chi connectivity index (χ0n) is 15.5. The molecule has 1 heterocycles. The van der Waals surface area contributed by atoms with Crippen molar-refractivity contribution in [2.45, 2.75) is 13.5 Å². The molecule has 1 aromatic heterocycles. The molecule has 0 bridgehead atoms. The van der Waals surface area contributed by atoms with Gasteiger partial charge in [0.1, 0.15) is 24.8 Å². The summed E-state index contributed by atoms with van der Waals surface area (Å²) in [6.07, 6.45) is 1.63. The van der Waals surface area contributed by atoms with Crippen molar-refractivity contribution < 1.29 is 18.7 Å². The van der Waals surface area contributed by atoms with Gasteiger partial charge in [0.05, 0.1) is 0 Å². The minimum absolute atomic E-state index is 0.287. The lowest BCUT2D eigenvalue weighted by Crippen LogP contribution is -2.23. The monoisotopic (exact) mass is 380 g/mol. The number of hydrogen-bond acceptors (Lipinski definition) is 4. The highest BCUT2D eigenvalue weighted by Crippen LogP contribution is 2.11. The Morgan fingerprint density at radius 3 is 2.54 bits per heavy atom. The van der Waals surface area contributed by atoms with E-state index < -0.39 is 5.82 Å². The van der Waals surface area contributed by atoms with Crippen LogP contribution in [0.5, 0.6) is 11.6 Å². The van der Waals surface area contributed by atoms with Crippen molar-refractivity contribution in [1.82, 2.24) is 10.3 Å². The molecule has 0 aliphatic heterocycles. The third-order valence-electron chi connectivity index (χ3n) is 4.03. The van der Waals surface area contributed by atoms with E-state index in [2.05, 4.69) is 10.3 Å². The molecule has 0 saturated carbocycles. The molecular weight excluding hydrogens is 359 g/mol. The van der Waals surface area contributed by atoms with Gasteiger partial charge in [-0.2, -0.15) is 0 Å². The van der Waals surface area contributed by atoms with E-state index in [0.29, 0.717) is 31.2 Å². The van der Waals surface area contributed by atoms with Crippen LogP contribution in [0.3, 0.4) is 0 Å². The third kappa shape index (κ3) is 5.54. The molecule has 3 rings (SSSR count). The number of aryl methyl sites for hydroxylation is 1. The lowest BCUT2D eigenvalue weighted by Gasteiger charge is -2.09. The Kier molecular flexibility index (Phi) is 6.57. The molecular formula is C22H21FN2O3. The Labute approximate surface area is 163 Å². The Bertz CT molecular complexity index is 915. The van der Waals surface area contributed by atoms with E-state index in [1.165, 1.54) is 6.07 Å². The first-order valence-electron chi connectivity index (χ1n) is 8.92. The van der Waals surface area contributed by atoms with Crippen molar-refractivity contribution in [1.29, 1.82) is 0 Å². The summed E-state index contributed by atoms with van der Waals surface area (Å²) in [6, 6.07) is 17.5. The van der Waals surface area contributed by atoms with Crippen LogP contribution in [0.15, 0.2) is 66.9 Å². The van der Waals surface area contributed by atoms with Gasteiger partial charge in [-0.05, 0) is 42.3 Å². The minimum Gasteiger partial charge on any atom is -0.490 e. The van der Waals surface area contributed by atoms with Crippen molar-refractivity contribution in [2.24, 2.45) is 0 Å². The molecule has 0 radical (unpaired) electrons. The fraction of sp³-hybridized carbons (Fsp3) is 0.182. The van der Waals surface area contributed by atoms with E-state index in [4.69, 9.17) is 9.47 Å². The number of aromatic nitrogens is 1. The number of amides is 1. The van der Waals surface area contributed by atoms with E-state index in [1.807, 2.05) is 36.4 Å². The predicted molar refractivity (Wildman–Crippen MR) is 104 cm³/mol. The molecule has 6 heteroatoms. The second-order valence-corrected chi connectivity index (χ2v) is 6.16. The number of rotatable bonds is 8. The van der Waals surface area contributed by atoms with Gasteiger partial charge in [-0.1, -0.05) is 30.3 Å². The lowest BCUT2D eigenvalue weighted by atomic mass is 10.1. The second-order valence-electron chi connectivity index (χ2n) is 6.16. The second kappa shape index (κ2) is 9.50. The Balaban J connectivity index is 1.42. The van der Waals surface area contributed by atoms with Gasteiger partial charge >= 0.3 is 0 Å². The smallest absolute Gasteiger partial charge is 0.251 e. The van der Waals surface area contributed by atoms with Gasteiger partial charge in [-0.3, -0.25) is 4.79 Å². The van der Waals surface area contributed by atoms with Crippen LogP contribution in [0.1, 0.15) is 21.5 Å². The maximum atomic E-state index is 13.6. The highest BCUT2D eigenvalue weighted by molar-refractivity contribution is 5.94. The van der Waals surface area contributed by atoms with Crippen LogP contribution < -0.4 is 14.8 Å². The molecule has 28 heavy (non-hydrogen) atoms. The predicted octanol–water partition coefficient (Wildman–Crippen LogP) is 3.92. The van der Waals surface area contributed by atoms with Gasteiger partial charge in [0.25, 0.3) is 5.91 Å². The molecule has 0 aliphatic carbocycles. The number of halogens is 1. The molecule has 0 aliphatic rings. The maximum Gasteiger partial charge on any atom is 0.251 e. The summed E-state index contributed by atoms with van der Waals surface area (Å²) >= 11 is 0. The number of nitrogens with zero attached hydrogens (tertiary/aromatic N) is 1. The van der Waals surface area contributed by atoms with Gasteiger partial charge in [0.2, 0.25) is 5.88 Å². The van der Waals surface area contributed by atoms with E-state index in [1.54, 1.807) is 31.3 Å². The van der Waals surface area contributed by atoms with Gasteiger partial charge in [0.15, 0.2) is 0 Å². The van der Waals surface area contributed by atoms with Crippen molar-refractivity contribution in [3.63, 3.8) is 0 Å². The zero-order chi connectivity index (χ0) is 19.8. The highest BCUT2D eigenvalue weighted by atomic mass is 19.1. The number of benzene rings is 2. The molecule has 0 unspecified atom stereocenters. The van der Waals surface area contributed by atoms with E-state index in [-0.39, 0.29) is 11.5 Å². The first kappa shape index (κ1) is 19.4. The van der Waals surface area contributed by atoms with Crippen LogP contribution in [-0.2, 0) is 6.54 Å². The summed E-state index contributed by atoms with van der Waals surface area (Å²) < 4.78 is 24.6. The molecule has 144 valence electrons. The summed E-state index contributed by atoms with van der Waals surface area (Å²) in [5, 5.41) is 2.75. The van der Waals surface area contributed by atoms with Crippen molar-refractivity contribution in [3.05, 3.63) is 89.4 Å². The average molecular weight is 380 g/mol. The van der Waals surface area contributed by atoms with Crippen molar-refractivity contribution in [3.8, 4) is 11.6 Å². The topological polar surface area (TPSA) is 60.5 Å². The van der Waals surface area contributed by atoms with Crippen LogP contribution in [-0.4, -0.2) is 24.1 Å². The summed E-state index contributed by atoms with van der Waals surface area (Å²) in [7, 11) is 0. The average Bonchev–Trinajstić information content (AvgIpc) is 2.73. The Morgan fingerprint density at radius 1 is 1.04 bits per heavy atom. The molecule has 0 atom stereocenters. The number of nitrogens with one attached hydrogen (secondary N) is 1. The quantitative estimate of drug-likeness (QED) is 0.602. The molecule has 1 N–H and O–H groups in total. The molecule has 3 aromatic rings. The third-order valence-corrected chi connectivity index (χ3v) is 4.03. The van der Waals surface area contributed by atoms with Crippen LogP contribution in [0.4, 0.5) is 4.39 Å². The van der Waals surface area contributed by atoms with Crippen LogP contribution in [0.2, 0.25) is 0 Å². The number of carbonyl (C=O) groups is 1. The van der Waals surface area contributed by atoms with Gasteiger partial charge < -0.3 is 14.8 Å². The summed E-state index contributed by atoms with van der Waals surface area (Å²) in [4.78, 5) is 16.3. The summed E-state index contributed by atoms with van der Waals surface area (Å²) in [5.41, 5.74) is 1.61. The van der Waals surface area contributed by atoms with Gasteiger partial charge in [-0.25, -0.2) is 9.37 Å². The number of para-hydroxylation sites is 1. The highest BCUT2D eigenvalue weighted by Gasteiger charge is 2.08. The Hall–Kier alpha value is -3.41. The van der Waals surface area contributed by atoms with Crippen molar-refractivity contribution in [2.75, 3.05) is 13.2 Å². The number of hydrogen-bond donors (Lipinski definition) is 1. The number of ether oxygens (including phenoxy) is 2. The number of pyridine rings is 1. The first-order valence-corrected chi connectivity index (χ1v) is 8.92. The van der Waals surface area contributed by atoms with Crippen LogP contribution in [0, 0.1) is 12.7 Å². The molecule has 2 aromatic carbocycles. The number of carbonyl (C=O) groups excluding carboxylic acids is 1. The van der Waals surface area contributed by atoms with E-state index in [9.17, 15) is 9.18 Å². The van der Waals surface area contributed by atoms with E-state index >= 15 is 0 Å². The van der Waals surface area contributed by atoms with E-state index in [0.717, 1.165) is 11.3 Å². The maximum absolute atomic E-state index is 13.6. The first-order chi connectivity index (χ1) is 13.6. The molecule has 0 spiro atoms. The SMILES string of the molecule is Cc1ccc(C(=O)NCc2ccc(OCCOc3ccccc3)nc2)cc1F. The Morgan fingerprint density at radius 2 is 1.82 bits per heavy atom. The molecule has 5 nitrogen and oxygen atoms in total. The van der Waals surface area contributed by atoms with Crippen LogP contribution >= 0.6 is 0 Å². The summed E-state index contributed by atoms with van der Waals surface area (Å²) in [6.45, 7) is 2.73. The largest absolute Gasteiger partial charge is 0.490 e. The fourth-order valence-electron chi connectivity index (χ4n) is 2.44. The molecule has 0 fully saturated rings. The minimum atomic E-state index is -0.396. The van der Waals surface area contributed by atoms with Gasteiger partial charge in [-0.15, -0.1) is 0 Å². The lowest BCUT2D eigenvalue weighted by molar-refractivity contribution is 0.0950. The van der Waals surface area contributed by atoms with Crippen molar-refractivity contribution >= 4 is 5.91 Å². The summed E-state index contributed by atoms with van der Waals surface area (Å²) in [5.74, 6) is 0.537. The normalized spacial score (nSPS) is 10.4. The fourth-order valence-corrected chi connectivity index (χ4v) is 2.44. The zero-order valence-corrected chi connectivity index (χ0v) is 15.5. The van der Waals surface area contributed by atoms with Gasteiger partial charge in [0, 0.05) is 24.4 Å². The standard InChI is InChI=1S/C22H21FN2O3/c1-16-7-9-18(13-20(16)23)22(26)25-15-17-8-10-21(24-14-17)28-12-11-27-19-5-3-2-4-6-19/h2-10,13-14H,11-12,15H2,1H3,(H,25,26). The van der Waals surface area contributed by atoms with Crippen LogP contribution in [0.25, 0.3) is 0 Å². The molecule has 0 saturated heterocycles.